The highest BCUT2D eigenvalue weighted by Gasteiger charge is 2.11. The van der Waals surface area contributed by atoms with Crippen LogP contribution < -0.4 is 5.32 Å². The molecule has 3 N–H and O–H groups in total. The normalized spacial score (nSPS) is 11.2. The first-order chi connectivity index (χ1) is 12.6. The summed E-state index contributed by atoms with van der Waals surface area (Å²) in [6.45, 7) is 4.55. The Kier molecular flexibility index (Phi) is 4.04. The number of aromatic nitrogens is 4. The molecule has 0 aliphatic carbocycles. The van der Waals surface area contributed by atoms with E-state index in [1.807, 2.05) is 25.1 Å². The number of fused-ring (bicyclic) bond motifs is 1. The number of aromatic amines is 2. The van der Waals surface area contributed by atoms with Crippen LogP contribution in [0.1, 0.15) is 27.4 Å². The van der Waals surface area contributed by atoms with E-state index in [-0.39, 0.29) is 5.91 Å². The molecule has 4 aromatic rings. The van der Waals surface area contributed by atoms with Crippen LogP contribution in [-0.2, 0) is 6.42 Å². The fraction of sp³-hybridized carbons (Fsp3) is 0.211. The smallest absolute Gasteiger partial charge is 0.251 e. The first-order valence-corrected chi connectivity index (χ1v) is 8.44. The lowest BCUT2D eigenvalue weighted by molar-refractivity contribution is 0.0954. The molecule has 132 valence electrons. The maximum absolute atomic E-state index is 12.4. The predicted molar refractivity (Wildman–Crippen MR) is 97.9 cm³/mol. The molecular weight excluding hydrogens is 330 g/mol. The third-order valence-electron chi connectivity index (χ3n) is 4.49. The van der Waals surface area contributed by atoms with E-state index < -0.39 is 0 Å². The largest absolute Gasteiger partial charge is 0.461 e. The standard InChI is InChI=1S/C19H19N5O2/c1-11-12(2)21-15-6-5-13(10-14(11)15)19(25)20-8-7-17-22-18(24-23-17)16-4-3-9-26-16/h3-6,9-10,21H,7-8H2,1-2H3,(H,20,25)(H,22,23,24). The van der Waals surface area contributed by atoms with E-state index in [1.165, 1.54) is 5.56 Å². The van der Waals surface area contributed by atoms with Crippen molar-refractivity contribution in [2.75, 3.05) is 6.54 Å². The van der Waals surface area contributed by atoms with Gasteiger partial charge in [-0.25, -0.2) is 4.98 Å². The minimum atomic E-state index is -0.101. The van der Waals surface area contributed by atoms with E-state index in [9.17, 15) is 4.79 Å². The van der Waals surface area contributed by atoms with Crippen molar-refractivity contribution in [2.45, 2.75) is 20.3 Å². The zero-order chi connectivity index (χ0) is 18.1. The summed E-state index contributed by atoms with van der Waals surface area (Å²) in [5, 5.41) is 11.0. The van der Waals surface area contributed by atoms with Gasteiger partial charge < -0.3 is 14.7 Å². The summed E-state index contributed by atoms with van der Waals surface area (Å²) in [6.07, 6.45) is 2.14. The van der Waals surface area contributed by atoms with E-state index in [2.05, 4.69) is 32.4 Å². The molecule has 7 nitrogen and oxygen atoms in total. The van der Waals surface area contributed by atoms with Crippen LogP contribution in [-0.4, -0.2) is 32.6 Å². The van der Waals surface area contributed by atoms with Crippen LogP contribution in [0.4, 0.5) is 0 Å². The van der Waals surface area contributed by atoms with Crippen molar-refractivity contribution in [3.05, 3.63) is 59.2 Å². The summed E-state index contributed by atoms with van der Waals surface area (Å²) in [5.41, 5.74) is 3.98. The van der Waals surface area contributed by atoms with Gasteiger partial charge in [0.25, 0.3) is 5.91 Å². The van der Waals surface area contributed by atoms with Gasteiger partial charge in [-0.1, -0.05) is 0 Å². The topological polar surface area (TPSA) is 99.6 Å². The average Bonchev–Trinajstić information content (AvgIpc) is 3.36. The molecule has 0 aliphatic heterocycles. The van der Waals surface area contributed by atoms with E-state index in [1.54, 1.807) is 18.4 Å². The highest BCUT2D eigenvalue weighted by Crippen LogP contribution is 2.22. The first-order valence-electron chi connectivity index (χ1n) is 8.44. The van der Waals surface area contributed by atoms with E-state index >= 15 is 0 Å². The molecule has 1 aromatic carbocycles. The van der Waals surface area contributed by atoms with Gasteiger partial charge in [-0.3, -0.25) is 9.89 Å². The second-order valence-electron chi connectivity index (χ2n) is 6.22. The number of hydrogen-bond acceptors (Lipinski definition) is 4. The number of H-pyrrole nitrogens is 2. The van der Waals surface area contributed by atoms with Gasteiger partial charge in [-0.15, -0.1) is 0 Å². The van der Waals surface area contributed by atoms with Gasteiger partial charge in [0.15, 0.2) is 5.76 Å². The molecule has 0 saturated heterocycles. The molecule has 0 unspecified atom stereocenters. The van der Waals surface area contributed by atoms with Crippen molar-refractivity contribution in [1.29, 1.82) is 0 Å². The Bertz CT molecular complexity index is 1060. The van der Waals surface area contributed by atoms with Gasteiger partial charge in [0, 0.05) is 35.1 Å². The molecule has 26 heavy (non-hydrogen) atoms. The molecule has 3 heterocycles. The van der Waals surface area contributed by atoms with Crippen LogP contribution in [0.25, 0.3) is 22.5 Å². The maximum atomic E-state index is 12.4. The number of nitrogens with zero attached hydrogens (tertiary/aromatic N) is 2. The van der Waals surface area contributed by atoms with Crippen molar-refractivity contribution in [3.63, 3.8) is 0 Å². The number of nitrogens with one attached hydrogen (secondary N) is 3. The lowest BCUT2D eigenvalue weighted by Gasteiger charge is -2.04. The zero-order valence-corrected chi connectivity index (χ0v) is 14.6. The summed E-state index contributed by atoms with van der Waals surface area (Å²) in [4.78, 5) is 20.1. The molecule has 0 atom stereocenters. The molecule has 0 fully saturated rings. The zero-order valence-electron chi connectivity index (χ0n) is 14.6. The highest BCUT2D eigenvalue weighted by atomic mass is 16.3. The Balaban J connectivity index is 1.39. The Morgan fingerprint density at radius 1 is 1.27 bits per heavy atom. The third kappa shape index (κ3) is 2.99. The second kappa shape index (κ2) is 6.51. The molecule has 7 heteroatoms. The van der Waals surface area contributed by atoms with Crippen molar-refractivity contribution in [2.24, 2.45) is 0 Å². The van der Waals surface area contributed by atoms with Crippen LogP contribution >= 0.6 is 0 Å². The van der Waals surface area contributed by atoms with Crippen LogP contribution in [0.5, 0.6) is 0 Å². The van der Waals surface area contributed by atoms with Gasteiger partial charge in [0.2, 0.25) is 5.82 Å². The Hall–Kier alpha value is -3.35. The van der Waals surface area contributed by atoms with Crippen molar-refractivity contribution in [1.82, 2.24) is 25.5 Å². The van der Waals surface area contributed by atoms with E-state index in [4.69, 9.17) is 4.42 Å². The Morgan fingerprint density at radius 2 is 2.15 bits per heavy atom. The Morgan fingerprint density at radius 3 is 2.96 bits per heavy atom. The van der Waals surface area contributed by atoms with Crippen molar-refractivity contribution >= 4 is 16.8 Å². The van der Waals surface area contributed by atoms with Gasteiger partial charge >= 0.3 is 0 Å². The van der Waals surface area contributed by atoms with E-state index in [0.29, 0.717) is 35.9 Å². The molecule has 4 rings (SSSR count). The SMILES string of the molecule is Cc1[nH]c2ccc(C(=O)NCCc3nc(-c4ccco4)n[nH]3)cc2c1C. The van der Waals surface area contributed by atoms with Crippen LogP contribution in [0.3, 0.4) is 0 Å². The van der Waals surface area contributed by atoms with Gasteiger partial charge in [-0.05, 0) is 49.7 Å². The number of hydrogen-bond donors (Lipinski definition) is 3. The molecule has 3 aromatic heterocycles. The number of carbonyl (C=O) groups excluding carboxylic acids is 1. The summed E-state index contributed by atoms with van der Waals surface area (Å²) >= 11 is 0. The minimum absolute atomic E-state index is 0.101. The number of rotatable bonds is 5. The lowest BCUT2D eigenvalue weighted by Crippen LogP contribution is -2.25. The average molecular weight is 349 g/mol. The first kappa shape index (κ1) is 16.1. The number of amides is 1. The second-order valence-corrected chi connectivity index (χ2v) is 6.22. The number of carbonyl (C=O) groups is 1. The number of benzene rings is 1. The Labute approximate surface area is 149 Å². The molecule has 0 aliphatic rings. The number of aryl methyl sites for hydroxylation is 2. The van der Waals surface area contributed by atoms with Gasteiger partial charge in [-0.2, -0.15) is 5.10 Å². The fourth-order valence-electron chi connectivity index (χ4n) is 2.92. The van der Waals surface area contributed by atoms with Crippen molar-refractivity contribution < 1.29 is 9.21 Å². The van der Waals surface area contributed by atoms with E-state index in [0.717, 1.165) is 16.6 Å². The predicted octanol–water partition coefficient (Wildman–Crippen LogP) is 3.14. The lowest BCUT2D eigenvalue weighted by atomic mass is 10.1. The quantitative estimate of drug-likeness (QED) is 0.515. The molecule has 0 saturated carbocycles. The molecule has 0 bridgehead atoms. The summed E-state index contributed by atoms with van der Waals surface area (Å²) < 4.78 is 5.26. The monoisotopic (exact) mass is 349 g/mol. The summed E-state index contributed by atoms with van der Waals surface area (Å²) in [7, 11) is 0. The maximum Gasteiger partial charge on any atom is 0.251 e. The molecule has 0 spiro atoms. The molecular formula is C19H19N5O2. The minimum Gasteiger partial charge on any atom is -0.461 e. The summed E-state index contributed by atoms with van der Waals surface area (Å²) in [5.74, 6) is 1.72. The summed E-state index contributed by atoms with van der Waals surface area (Å²) in [6, 6.07) is 9.28. The van der Waals surface area contributed by atoms with Crippen LogP contribution in [0.2, 0.25) is 0 Å². The van der Waals surface area contributed by atoms with Crippen LogP contribution in [0, 0.1) is 13.8 Å². The molecule has 1 amide bonds. The fourth-order valence-corrected chi connectivity index (χ4v) is 2.92. The third-order valence-corrected chi connectivity index (χ3v) is 4.49. The van der Waals surface area contributed by atoms with Gasteiger partial charge in [0.1, 0.15) is 5.82 Å². The van der Waals surface area contributed by atoms with Gasteiger partial charge in [0.05, 0.1) is 6.26 Å². The van der Waals surface area contributed by atoms with Crippen molar-refractivity contribution in [3.8, 4) is 11.6 Å². The molecule has 0 radical (unpaired) electrons. The highest BCUT2D eigenvalue weighted by molar-refractivity contribution is 5.99. The number of furan rings is 1. The van der Waals surface area contributed by atoms with Crippen LogP contribution in [0.15, 0.2) is 41.0 Å².